The quantitative estimate of drug-likeness (QED) is 0.785. The fraction of sp³-hybridized carbons (Fsp3) is 0.524. The Morgan fingerprint density at radius 2 is 2.12 bits per heavy atom. The fourth-order valence-corrected chi connectivity index (χ4v) is 4.32. The largest absolute Gasteiger partial charge is 0.441 e. The maximum atomic E-state index is 12.2. The van der Waals surface area contributed by atoms with Gasteiger partial charge in [-0.15, -0.1) is 11.8 Å². The van der Waals surface area contributed by atoms with E-state index in [9.17, 15) is 4.79 Å². The Balaban J connectivity index is 1.51. The van der Waals surface area contributed by atoms with E-state index in [1.807, 2.05) is 19.1 Å². The molecule has 1 fully saturated rings. The van der Waals surface area contributed by atoms with Crippen molar-refractivity contribution in [2.75, 3.05) is 5.75 Å². The van der Waals surface area contributed by atoms with Crippen LogP contribution in [0.15, 0.2) is 28.7 Å². The number of rotatable bonds is 6. The first-order valence-corrected chi connectivity index (χ1v) is 10.6. The highest BCUT2D eigenvalue weighted by Gasteiger charge is 2.22. The lowest BCUT2D eigenvalue weighted by atomic mass is 9.86. The van der Waals surface area contributed by atoms with Gasteiger partial charge in [-0.05, 0) is 44.7 Å². The summed E-state index contributed by atoms with van der Waals surface area (Å²) in [7, 11) is 0. The SMILES string of the molecule is Cc1cccc(-c2nc(CSCC(=O)N[C@@H]3CCCC[C@@H]3C)c(C)o2)c1. The van der Waals surface area contributed by atoms with Crippen LogP contribution in [0.1, 0.15) is 49.6 Å². The summed E-state index contributed by atoms with van der Waals surface area (Å²) in [6.07, 6.45) is 4.84. The lowest BCUT2D eigenvalue weighted by molar-refractivity contribution is -0.119. The Morgan fingerprint density at radius 3 is 2.88 bits per heavy atom. The Kier molecular flexibility index (Phi) is 6.41. The minimum absolute atomic E-state index is 0.133. The maximum Gasteiger partial charge on any atom is 0.230 e. The molecular formula is C21H28N2O2S. The van der Waals surface area contributed by atoms with Crippen LogP contribution >= 0.6 is 11.8 Å². The van der Waals surface area contributed by atoms with Gasteiger partial charge >= 0.3 is 0 Å². The third kappa shape index (κ3) is 4.91. The zero-order valence-electron chi connectivity index (χ0n) is 15.9. The van der Waals surface area contributed by atoms with Crippen molar-refractivity contribution in [3.8, 4) is 11.5 Å². The number of thioether (sulfide) groups is 1. The van der Waals surface area contributed by atoms with Gasteiger partial charge in [0, 0.05) is 17.4 Å². The number of nitrogens with one attached hydrogen (secondary N) is 1. The van der Waals surface area contributed by atoms with Crippen molar-refractivity contribution < 1.29 is 9.21 Å². The van der Waals surface area contributed by atoms with E-state index in [4.69, 9.17) is 4.42 Å². The normalized spacial score (nSPS) is 20.1. The molecule has 1 saturated carbocycles. The predicted molar refractivity (Wildman–Crippen MR) is 107 cm³/mol. The molecule has 0 radical (unpaired) electrons. The molecule has 1 amide bonds. The van der Waals surface area contributed by atoms with Crippen LogP contribution in [-0.4, -0.2) is 22.7 Å². The molecule has 0 spiro atoms. The number of hydrogen-bond donors (Lipinski definition) is 1. The summed E-state index contributed by atoms with van der Waals surface area (Å²) in [5.41, 5.74) is 3.10. The molecular weight excluding hydrogens is 344 g/mol. The number of aromatic nitrogens is 1. The molecule has 4 nitrogen and oxygen atoms in total. The molecule has 1 aromatic heterocycles. The van der Waals surface area contributed by atoms with Crippen molar-refractivity contribution in [3.63, 3.8) is 0 Å². The standard InChI is InChI=1S/C21H28N2O2S/c1-14-7-6-9-17(11-14)21-23-19(16(3)25-21)12-26-13-20(24)22-18-10-5-4-8-15(18)2/h6-7,9,11,15,18H,4-5,8,10,12-13H2,1-3H3,(H,22,24)/t15-,18+/m0/s1. The topological polar surface area (TPSA) is 55.1 Å². The van der Waals surface area contributed by atoms with Crippen LogP contribution in [0, 0.1) is 19.8 Å². The molecule has 26 heavy (non-hydrogen) atoms. The van der Waals surface area contributed by atoms with Crippen LogP contribution in [0.2, 0.25) is 0 Å². The monoisotopic (exact) mass is 372 g/mol. The molecule has 2 aromatic rings. The van der Waals surface area contributed by atoms with Crippen LogP contribution in [0.4, 0.5) is 0 Å². The lowest BCUT2D eigenvalue weighted by Gasteiger charge is -2.29. The Bertz CT molecular complexity index is 756. The van der Waals surface area contributed by atoms with Crippen LogP contribution in [0.5, 0.6) is 0 Å². The number of amides is 1. The molecule has 0 unspecified atom stereocenters. The highest BCUT2D eigenvalue weighted by atomic mass is 32.2. The molecule has 2 atom stereocenters. The second-order valence-electron chi connectivity index (χ2n) is 7.32. The van der Waals surface area contributed by atoms with E-state index in [1.165, 1.54) is 24.8 Å². The van der Waals surface area contributed by atoms with Crippen LogP contribution in [0.25, 0.3) is 11.5 Å². The molecule has 1 aliphatic rings. The van der Waals surface area contributed by atoms with Crippen molar-refractivity contribution in [3.05, 3.63) is 41.3 Å². The molecule has 1 N–H and O–H groups in total. The third-order valence-corrected chi connectivity index (χ3v) is 6.03. The number of aryl methyl sites for hydroxylation is 2. The van der Waals surface area contributed by atoms with Gasteiger partial charge in [0.25, 0.3) is 0 Å². The second kappa shape index (κ2) is 8.76. The zero-order chi connectivity index (χ0) is 18.5. The first kappa shape index (κ1) is 19.0. The van der Waals surface area contributed by atoms with E-state index in [1.54, 1.807) is 11.8 Å². The number of hydrogen-bond acceptors (Lipinski definition) is 4. The maximum absolute atomic E-state index is 12.2. The van der Waals surface area contributed by atoms with Gasteiger partial charge in [-0.1, -0.05) is 37.5 Å². The Labute approximate surface area is 160 Å². The van der Waals surface area contributed by atoms with E-state index < -0.39 is 0 Å². The van der Waals surface area contributed by atoms with E-state index in [0.29, 0.717) is 29.4 Å². The fourth-order valence-electron chi connectivity index (χ4n) is 3.48. The van der Waals surface area contributed by atoms with E-state index in [2.05, 4.69) is 36.3 Å². The number of carbonyl (C=O) groups excluding carboxylic acids is 1. The smallest absolute Gasteiger partial charge is 0.230 e. The van der Waals surface area contributed by atoms with Crippen molar-refractivity contribution in [1.82, 2.24) is 10.3 Å². The van der Waals surface area contributed by atoms with Crippen LogP contribution < -0.4 is 5.32 Å². The zero-order valence-corrected chi connectivity index (χ0v) is 16.7. The molecule has 1 aliphatic carbocycles. The van der Waals surface area contributed by atoms with E-state index in [0.717, 1.165) is 23.4 Å². The van der Waals surface area contributed by atoms with Gasteiger partial charge in [0.2, 0.25) is 11.8 Å². The summed E-state index contributed by atoms with van der Waals surface area (Å²) < 4.78 is 5.82. The number of oxazole rings is 1. The first-order valence-electron chi connectivity index (χ1n) is 9.43. The van der Waals surface area contributed by atoms with Crippen LogP contribution in [-0.2, 0) is 10.5 Å². The lowest BCUT2D eigenvalue weighted by Crippen LogP contribution is -2.41. The van der Waals surface area contributed by atoms with Crippen molar-refractivity contribution in [2.24, 2.45) is 5.92 Å². The summed E-state index contributed by atoms with van der Waals surface area (Å²) >= 11 is 1.60. The van der Waals surface area contributed by atoms with Crippen molar-refractivity contribution >= 4 is 17.7 Å². The molecule has 0 bridgehead atoms. The van der Waals surface area contributed by atoms with Gasteiger partial charge in [-0.3, -0.25) is 4.79 Å². The summed E-state index contributed by atoms with van der Waals surface area (Å²) in [5.74, 6) is 3.36. The van der Waals surface area contributed by atoms with E-state index >= 15 is 0 Å². The summed E-state index contributed by atoms with van der Waals surface area (Å²) in [6, 6.07) is 8.49. The number of carbonyl (C=O) groups is 1. The van der Waals surface area contributed by atoms with Crippen LogP contribution in [0.3, 0.4) is 0 Å². The average Bonchev–Trinajstić information content (AvgIpc) is 2.98. The number of benzene rings is 1. The van der Waals surface area contributed by atoms with Gasteiger partial charge in [0.1, 0.15) is 5.76 Å². The molecule has 0 aliphatic heterocycles. The average molecular weight is 373 g/mol. The molecule has 3 rings (SSSR count). The highest BCUT2D eigenvalue weighted by Crippen LogP contribution is 2.26. The first-order chi connectivity index (χ1) is 12.5. The van der Waals surface area contributed by atoms with Gasteiger partial charge in [-0.2, -0.15) is 0 Å². The van der Waals surface area contributed by atoms with E-state index in [-0.39, 0.29) is 5.91 Å². The minimum Gasteiger partial charge on any atom is -0.441 e. The third-order valence-electron chi connectivity index (χ3n) is 5.09. The molecule has 0 saturated heterocycles. The van der Waals surface area contributed by atoms with Crippen molar-refractivity contribution in [1.29, 1.82) is 0 Å². The number of nitrogens with zero attached hydrogens (tertiary/aromatic N) is 1. The van der Waals surface area contributed by atoms with Crippen molar-refractivity contribution in [2.45, 2.75) is 58.2 Å². The summed E-state index contributed by atoms with van der Waals surface area (Å²) in [4.78, 5) is 16.8. The van der Waals surface area contributed by atoms with Gasteiger partial charge in [-0.25, -0.2) is 4.98 Å². The Morgan fingerprint density at radius 1 is 1.31 bits per heavy atom. The minimum atomic E-state index is 0.133. The van der Waals surface area contributed by atoms with Gasteiger partial charge < -0.3 is 9.73 Å². The summed E-state index contributed by atoms with van der Waals surface area (Å²) in [6.45, 7) is 6.23. The van der Waals surface area contributed by atoms with Gasteiger partial charge in [0.05, 0.1) is 11.4 Å². The molecule has 140 valence electrons. The predicted octanol–water partition coefficient (Wildman–Crippen LogP) is 4.89. The molecule has 5 heteroatoms. The Hall–Kier alpha value is -1.75. The molecule has 1 heterocycles. The summed E-state index contributed by atoms with van der Waals surface area (Å²) in [5, 5.41) is 3.20. The highest BCUT2D eigenvalue weighted by molar-refractivity contribution is 7.99. The molecule has 1 aromatic carbocycles. The van der Waals surface area contributed by atoms with Gasteiger partial charge in [0.15, 0.2) is 0 Å². The second-order valence-corrected chi connectivity index (χ2v) is 8.31.